The summed E-state index contributed by atoms with van der Waals surface area (Å²) in [5, 5.41) is 0. The molecule has 0 spiro atoms. The van der Waals surface area contributed by atoms with E-state index in [1.54, 1.807) is 41.5 Å². The van der Waals surface area contributed by atoms with Crippen molar-refractivity contribution in [1.29, 1.82) is 0 Å². The summed E-state index contributed by atoms with van der Waals surface area (Å²) in [6.07, 6.45) is 0. The first-order valence-electron chi connectivity index (χ1n) is 4.24. The Morgan fingerprint density at radius 3 is 0.333 bits per heavy atom. The molecule has 18 heteroatoms. The zero-order chi connectivity index (χ0) is 12.0. The van der Waals surface area contributed by atoms with E-state index in [0.717, 1.165) is 0 Å². The van der Waals surface area contributed by atoms with Gasteiger partial charge in [-0.3, -0.25) is 0 Å². The van der Waals surface area contributed by atoms with Crippen LogP contribution < -0.4 is 0 Å². The van der Waals surface area contributed by atoms with Crippen LogP contribution in [0.4, 0.5) is 0 Å². The smallest absolute Gasteiger partial charge is 0.870 e. The van der Waals surface area contributed by atoms with E-state index in [1.807, 2.05) is 0 Å². The topological polar surface area (TPSA) is 320 Å². The molecule has 0 saturated heterocycles. The van der Waals surface area contributed by atoms with Gasteiger partial charge in [-0.1, -0.05) is 0 Å². The minimum absolute atomic E-state index is 0. The fourth-order valence-corrected chi connectivity index (χ4v) is 0. The summed E-state index contributed by atoms with van der Waals surface area (Å²) in [4.78, 5) is 0. The first-order chi connectivity index (χ1) is 6.00. The zero-order valence-electron chi connectivity index (χ0n) is 24.2. The standard InChI is InChI=1S/6C2H5.6CH3.4H2N.6H2O.2Pt.6Ru/c6*1-2;;;;;;;;;;;;;;;;;;;;;;;;/h6*1H2,2H3;6*1H3;10*1H2;;;;;;;;/q16*-1;;;;;;;;+4;+1;4*+2;+3/p-2. The van der Waals surface area contributed by atoms with Gasteiger partial charge in [-0.2, -0.15) is 41.5 Å². The van der Waals surface area contributed by atoms with Crippen molar-refractivity contribution in [3.05, 3.63) is 111 Å². The number of rotatable bonds is 0. The van der Waals surface area contributed by atoms with Crippen molar-refractivity contribution >= 4 is 0 Å². The van der Waals surface area contributed by atoms with Gasteiger partial charge >= 0.3 is 138 Å². The predicted molar refractivity (Wildman–Crippen MR) is 144 cm³/mol. The monoisotopic (exact) mass is 1440 g/mol. The van der Waals surface area contributed by atoms with Crippen molar-refractivity contribution in [2.45, 2.75) is 41.5 Å². The first kappa shape index (κ1) is 559. The van der Waals surface area contributed by atoms with E-state index < -0.39 is 0 Å². The summed E-state index contributed by atoms with van der Waals surface area (Å²) in [7, 11) is 0. The molecular formula is C18H66N4O6Pt2Ru6-2. The Hall–Kier alpha value is 4.72. The average molecular weight is 1430 g/mol. The van der Waals surface area contributed by atoms with E-state index in [-0.39, 0.29) is 261 Å². The fraction of sp³-hybridized carbons (Fsp3) is 0.333. The van der Waals surface area contributed by atoms with E-state index in [1.165, 1.54) is 0 Å². The molecule has 18 N–H and O–H groups in total. The minimum Gasteiger partial charge on any atom is -0.870 e. The Bertz CT molecular complexity index is 70.0. The molecule has 0 aromatic carbocycles. The van der Waals surface area contributed by atoms with Gasteiger partial charge in [-0.15, -0.1) is 0 Å². The molecule has 0 aliphatic carbocycles. The van der Waals surface area contributed by atoms with Gasteiger partial charge in [0.15, 0.2) is 0 Å². The molecule has 0 heterocycles. The predicted octanol–water partition coefficient (Wildman–Crippen LogP) is 6.94. The molecule has 0 aromatic heterocycles. The van der Waals surface area contributed by atoms with Crippen molar-refractivity contribution in [2.75, 3.05) is 0 Å². The first-order valence-corrected chi connectivity index (χ1v) is 4.24. The van der Waals surface area contributed by atoms with Gasteiger partial charge < -0.3 is 144 Å². The van der Waals surface area contributed by atoms with Crippen LogP contribution >= 0.6 is 0 Å². The summed E-state index contributed by atoms with van der Waals surface area (Å²) in [5.41, 5.74) is 0. The van der Waals surface area contributed by atoms with Gasteiger partial charge in [-0.25, -0.2) is 0 Å². The Morgan fingerprint density at radius 1 is 0.333 bits per heavy atom. The largest absolute Gasteiger partial charge is 4.00 e. The van der Waals surface area contributed by atoms with Crippen LogP contribution in [0.25, 0.3) is 24.6 Å². The van der Waals surface area contributed by atoms with Crippen LogP contribution in [0.5, 0.6) is 0 Å². The molecule has 0 aliphatic heterocycles. The number of hydrogen-bond donors (Lipinski definition) is 0. The molecule has 0 fully saturated rings. The molecule has 0 atom stereocenters. The maximum atomic E-state index is 3.25. The van der Waals surface area contributed by atoms with Gasteiger partial charge in [0.2, 0.25) is 0 Å². The molecule has 0 saturated carbocycles. The van der Waals surface area contributed by atoms with E-state index in [4.69, 9.17) is 0 Å². The second kappa shape index (κ2) is 2680. The summed E-state index contributed by atoms with van der Waals surface area (Å²) in [6, 6.07) is 0. The van der Waals surface area contributed by atoms with Crippen molar-refractivity contribution in [2.24, 2.45) is 0 Å². The average Bonchev–Trinajstić information content (AvgIpc) is 2.33. The van der Waals surface area contributed by atoms with E-state index in [9.17, 15) is 0 Å². The van der Waals surface area contributed by atoms with Gasteiger partial charge in [0.25, 0.3) is 0 Å². The molecule has 0 aromatic rings. The Labute approximate surface area is 340 Å². The maximum Gasteiger partial charge on any atom is 4.00 e. The van der Waals surface area contributed by atoms with Gasteiger partial charge in [0.1, 0.15) is 0 Å². The summed E-state index contributed by atoms with van der Waals surface area (Å²) < 4.78 is 0. The zero-order valence-corrected chi connectivity index (χ0v) is 39.2. The normalized spacial score (nSPS) is 1.00. The number of hydrogen-bond acceptors (Lipinski definition) is 2. The molecule has 264 valence electrons. The van der Waals surface area contributed by atoms with Crippen LogP contribution in [-0.2, 0) is 159 Å². The van der Waals surface area contributed by atoms with Gasteiger partial charge in [0.05, 0.1) is 0 Å². The van der Waals surface area contributed by atoms with E-state index >= 15 is 0 Å². The molecular weight excluding hydrogens is 1360 g/mol. The van der Waals surface area contributed by atoms with Crippen LogP contribution in [0.3, 0.4) is 0 Å². The second-order valence-corrected chi connectivity index (χ2v) is 0. The third-order valence-corrected chi connectivity index (χ3v) is 0. The van der Waals surface area contributed by atoms with Crippen LogP contribution in [0.2, 0.25) is 0 Å². The van der Waals surface area contributed by atoms with E-state index in [0.29, 0.717) is 0 Å². The van der Waals surface area contributed by atoms with Crippen LogP contribution in [0.15, 0.2) is 0 Å². The third kappa shape index (κ3) is 2480. The molecule has 0 amide bonds. The Morgan fingerprint density at radius 2 is 0.333 bits per heavy atom. The Balaban J connectivity index is -0.000000000378. The van der Waals surface area contributed by atoms with Crippen LogP contribution in [-0.4, -0.2) is 32.9 Å². The maximum absolute atomic E-state index is 3.25. The molecule has 0 bridgehead atoms. The molecule has 0 rings (SSSR count). The second-order valence-electron chi connectivity index (χ2n) is 0. The number of nitrogens with two attached hydrogens (primary N) is 4. The molecule has 0 aliphatic rings. The molecule has 0 unspecified atom stereocenters. The molecule has 2 radical (unpaired) electrons. The minimum atomic E-state index is 0. The molecule has 10 nitrogen and oxygen atoms in total. The fourth-order valence-electron chi connectivity index (χ4n) is 0. The summed E-state index contributed by atoms with van der Waals surface area (Å²) >= 11 is 0. The third-order valence-electron chi connectivity index (χ3n) is 0. The summed E-state index contributed by atoms with van der Waals surface area (Å²) in [5.74, 6) is 0. The van der Waals surface area contributed by atoms with Gasteiger partial charge in [0, 0.05) is 21.1 Å². The van der Waals surface area contributed by atoms with Crippen LogP contribution in [0.1, 0.15) is 41.5 Å². The van der Waals surface area contributed by atoms with Crippen molar-refractivity contribution in [3.8, 4) is 0 Å². The quantitative estimate of drug-likeness (QED) is 0.184. The van der Waals surface area contributed by atoms with Crippen molar-refractivity contribution in [3.63, 3.8) is 0 Å². The van der Waals surface area contributed by atoms with Crippen LogP contribution in [0, 0.1) is 86.1 Å². The Kier molecular flexibility index (Phi) is 41600. The van der Waals surface area contributed by atoms with Gasteiger partial charge in [-0.05, 0) is 0 Å². The molecule has 36 heavy (non-hydrogen) atoms. The van der Waals surface area contributed by atoms with E-state index in [2.05, 4.69) is 41.5 Å². The van der Waals surface area contributed by atoms with Crippen molar-refractivity contribution < 1.29 is 192 Å². The van der Waals surface area contributed by atoms with Crippen molar-refractivity contribution in [1.82, 2.24) is 0 Å². The summed E-state index contributed by atoms with van der Waals surface area (Å²) in [6.45, 7) is 30.0. The SMILES string of the molecule is O.O.O.O.[CH2-]C.[CH2-]C.[CH2-]C.[CH2-]C.[CH2-]C.[CH2-]C.[CH3-].[CH3-].[CH3-].[CH3-].[CH3-].[CH3-].[NH2-].[NH2-].[NH2-].[NH2-].[OH-].[OH-].[Pt+4].[Pt].[Ru+2].[Ru+2].[Ru+2].[Ru+2].[Ru+3].[Ru+].